The van der Waals surface area contributed by atoms with Crippen LogP contribution in [0, 0.1) is 5.92 Å². The van der Waals surface area contributed by atoms with E-state index in [0.29, 0.717) is 22.9 Å². The summed E-state index contributed by atoms with van der Waals surface area (Å²) in [7, 11) is 2.88. The molecule has 40 heavy (non-hydrogen) atoms. The zero-order valence-corrected chi connectivity index (χ0v) is 24.4. The molecule has 3 rings (SSSR count). The van der Waals surface area contributed by atoms with E-state index in [1.165, 1.54) is 26.5 Å². The summed E-state index contributed by atoms with van der Waals surface area (Å²) in [6.45, 7) is 4.25. The van der Waals surface area contributed by atoms with E-state index in [1.807, 2.05) is 74.5 Å². The summed E-state index contributed by atoms with van der Waals surface area (Å²) in [4.78, 5) is 51.0. The maximum absolute atomic E-state index is 13.1. The minimum absolute atomic E-state index is 0.0948. The highest BCUT2D eigenvalue weighted by Crippen LogP contribution is 2.36. The quantitative estimate of drug-likeness (QED) is 0.202. The van der Waals surface area contributed by atoms with E-state index in [2.05, 4.69) is 10.6 Å². The van der Waals surface area contributed by atoms with Gasteiger partial charge in [-0.05, 0) is 36.1 Å². The Labute approximate surface area is 242 Å². The first-order chi connectivity index (χ1) is 19.4. The van der Waals surface area contributed by atoms with Gasteiger partial charge < -0.3 is 9.47 Å². The molecule has 0 aliphatic carbocycles. The number of hydrogen-bond acceptors (Lipinski definition) is 8. The summed E-state index contributed by atoms with van der Waals surface area (Å²) in [6.07, 6.45) is 5.53. The van der Waals surface area contributed by atoms with Gasteiger partial charge in [0.15, 0.2) is 0 Å². The van der Waals surface area contributed by atoms with Crippen LogP contribution in [-0.4, -0.2) is 48.8 Å². The van der Waals surface area contributed by atoms with Gasteiger partial charge in [0.25, 0.3) is 0 Å². The molecule has 0 unspecified atom stereocenters. The standard InChI is InChI=1S/C29H35N3O6S2/c1-3-9-23(10-4-2)26(33)30-28(35)37-17-19-39-40-20-18-38-29(36)31-27(34)32-24-13-7-5-11-21(24)15-16-22-12-6-8-14-25(22)32/h5-8,11-16,23H,3-4,9-10,17-20H2,1-2H3,(H,30,33,35)(H,31,34,36). The molecular weight excluding hydrogens is 550 g/mol. The maximum atomic E-state index is 13.1. The van der Waals surface area contributed by atoms with E-state index in [1.54, 1.807) is 0 Å². The van der Waals surface area contributed by atoms with Crippen LogP contribution in [0.25, 0.3) is 12.2 Å². The van der Waals surface area contributed by atoms with Crippen LogP contribution in [0.4, 0.5) is 25.8 Å². The van der Waals surface area contributed by atoms with Gasteiger partial charge in [0.05, 0.1) is 11.4 Å². The van der Waals surface area contributed by atoms with Crippen molar-refractivity contribution in [1.82, 2.24) is 10.6 Å². The van der Waals surface area contributed by atoms with Crippen LogP contribution in [0.3, 0.4) is 0 Å². The maximum Gasteiger partial charge on any atom is 0.415 e. The normalized spacial score (nSPS) is 11.7. The summed E-state index contributed by atoms with van der Waals surface area (Å²) >= 11 is 0. The fourth-order valence-corrected chi connectivity index (χ4v) is 5.82. The molecule has 0 spiro atoms. The molecule has 5 amide bonds. The lowest BCUT2D eigenvalue weighted by Gasteiger charge is -2.24. The largest absolute Gasteiger partial charge is 0.448 e. The van der Waals surface area contributed by atoms with Gasteiger partial charge in [0.1, 0.15) is 13.2 Å². The first kappa shape index (κ1) is 31.1. The first-order valence-electron chi connectivity index (χ1n) is 13.3. The molecule has 0 bridgehead atoms. The van der Waals surface area contributed by atoms with Crippen LogP contribution >= 0.6 is 21.6 Å². The Morgan fingerprint density at radius 3 is 1.73 bits per heavy atom. The minimum Gasteiger partial charge on any atom is -0.448 e. The lowest BCUT2D eigenvalue weighted by atomic mass is 9.97. The van der Waals surface area contributed by atoms with Gasteiger partial charge in [0.2, 0.25) is 5.91 Å². The van der Waals surface area contributed by atoms with Gasteiger partial charge in [-0.15, -0.1) is 0 Å². The number of ether oxygens (including phenoxy) is 2. The van der Waals surface area contributed by atoms with E-state index >= 15 is 0 Å². The monoisotopic (exact) mass is 585 g/mol. The lowest BCUT2D eigenvalue weighted by molar-refractivity contribution is -0.124. The molecule has 2 N–H and O–H groups in total. The zero-order valence-electron chi connectivity index (χ0n) is 22.7. The van der Waals surface area contributed by atoms with Crippen molar-refractivity contribution in [3.05, 3.63) is 59.7 Å². The van der Waals surface area contributed by atoms with Crippen LogP contribution in [0.15, 0.2) is 48.5 Å². The summed E-state index contributed by atoms with van der Waals surface area (Å²) in [6, 6.07) is 14.3. The Kier molecular flexibility index (Phi) is 12.9. The minimum atomic E-state index is -0.836. The van der Waals surface area contributed by atoms with Gasteiger partial charge in [-0.1, -0.05) is 96.8 Å². The molecule has 0 aromatic heterocycles. The number of rotatable bonds is 12. The number of carbonyl (C=O) groups is 4. The van der Waals surface area contributed by atoms with Crippen molar-refractivity contribution in [2.24, 2.45) is 5.92 Å². The molecule has 0 saturated heterocycles. The third kappa shape index (κ3) is 9.34. The van der Waals surface area contributed by atoms with Gasteiger partial charge in [-0.2, -0.15) is 0 Å². The summed E-state index contributed by atoms with van der Waals surface area (Å²) in [5.41, 5.74) is 3.01. The van der Waals surface area contributed by atoms with Crippen LogP contribution < -0.4 is 15.5 Å². The molecule has 2 aromatic rings. The number of para-hydroxylation sites is 2. The van der Waals surface area contributed by atoms with Gasteiger partial charge in [-0.25, -0.2) is 19.7 Å². The fraction of sp³-hybridized carbons (Fsp3) is 0.379. The number of amides is 5. The Morgan fingerprint density at radius 2 is 1.23 bits per heavy atom. The molecule has 0 fully saturated rings. The third-order valence-electron chi connectivity index (χ3n) is 5.96. The molecule has 0 radical (unpaired) electrons. The third-order valence-corrected chi connectivity index (χ3v) is 8.30. The number of imide groups is 2. The highest BCUT2D eigenvalue weighted by atomic mass is 33.1. The van der Waals surface area contributed by atoms with E-state index in [4.69, 9.17) is 9.47 Å². The molecule has 214 valence electrons. The van der Waals surface area contributed by atoms with E-state index in [-0.39, 0.29) is 25.0 Å². The summed E-state index contributed by atoms with van der Waals surface area (Å²) in [5, 5.41) is 4.62. The average Bonchev–Trinajstić information content (AvgIpc) is 3.11. The van der Waals surface area contributed by atoms with Crippen LogP contribution in [0.1, 0.15) is 50.7 Å². The Morgan fingerprint density at radius 1 is 0.750 bits per heavy atom. The van der Waals surface area contributed by atoms with Crippen molar-refractivity contribution >= 4 is 69.2 Å². The molecule has 1 heterocycles. The SMILES string of the molecule is CCCC(CCC)C(=O)NC(=O)OCCSSCCOC(=O)NC(=O)N1c2ccccc2C=Cc2ccccc21. The number of carbonyl (C=O) groups excluding carboxylic acids is 4. The molecule has 0 saturated carbocycles. The second-order valence-corrected chi connectivity index (χ2v) is 11.6. The lowest BCUT2D eigenvalue weighted by Crippen LogP contribution is -2.41. The molecule has 0 atom stereocenters. The highest BCUT2D eigenvalue weighted by Gasteiger charge is 2.25. The number of fused-ring (bicyclic) bond motifs is 2. The zero-order chi connectivity index (χ0) is 28.7. The van der Waals surface area contributed by atoms with Crippen LogP contribution in [-0.2, 0) is 14.3 Å². The second kappa shape index (κ2) is 16.6. The second-order valence-electron chi connectivity index (χ2n) is 8.90. The number of hydrogen-bond donors (Lipinski definition) is 2. The Bertz CT molecular complexity index is 1150. The van der Waals surface area contributed by atoms with Crippen molar-refractivity contribution in [2.75, 3.05) is 29.6 Å². The van der Waals surface area contributed by atoms with Gasteiger partial charge in [-0.3, -0.25) is 15.0 Å². The predicted octanol–water partition coefficient (Wildman–Crippen LogP) is 7.01. The smallest absolute Gasteiger partial charge is 0.415 e. The van der Waals surface area contributed by atoms with E-state index < -0.39 is 18.2 Å². The van der Waals surface area contributed by atoms with Crippen molar-refractivity contribution in [2.45, 2.75) is 39.5 Å². The molecule has 1 aliphatic rings. The molecule has 11 heteroatoms. The van der Waals surface area contributed by atoms with E-state index in [0.717, 1.165) is 36.8 Å². The Balaban J connectivity index is 1.34. The number of anilines is 2. The van der Waals surface area contributed by atoms with Crippen molar-refractivity contribution < 1.29 is 28.7 Å². The van der Waals surface area contributed by atoms with Crippen LogP contribution in [0.2, 0.25) is 0 Å². The van der Waals surface area contributed by atoms with Crippen molar-refractivity contribution in [3.8, 4) is 0 Å². The molecule has 9 nitrogen and oxygen atoms in total. The average molecular weight is 586 g/mol. The fourth-order valence-electron chi connectivity index (χ4n) is 4.17. The van der Waals surface area contributed by atoms with Gasteiger partial charge in [0, 0.05) is 17.4 Å². The first-order valence-corrected chi connectivity index (χ1v) is 15.8. The van der Waals surface area contributed by atoms with E-state index in [9.17, 15) is 19.2 Å². The Hall–Kier alpha value is -3.44. The number of nitrogens with zero attached hydrogens (tertiary/aromatic N) is 1. The number of benzene rings is 2. The summed E-state index contributed by atoms with van der Waals surface area (Å²) in [5.74, 6) is 0.525. The topological polar surface area (TPSA) is 114 Å². The van der Waals surface area contributed by atoms with Crippen molar-refractivity contribution in [1.29, 1.82) is 0 Å². The predicted molar refractivity (Wildman–Crippen MR) is 162 cm³/mol. The molecule has 1 aliphatic heterocycles. The van der Waals surface area contributed by atoms with Crippen molar-refractivity contribution in [3.63, 3.8) is 0 Å². The number of urea groups is 1. The molecular formula is C29H35N3O6S2. The number of alkyl carbamates (subject to hydrolysis) is 2. The highest BCUT2D eigenvalue weighted by molar-refractivity contribution is 8.76. The number of nitrogens with one attached hydrogen (secondary N) is 2. The molecule has 2 aromatic carbocycles. The van der Waals surface area contributed by atoms with Crippen LogP contribution in [0.5, 0.6) is 0 Å². The van der Waals surface area contributed by atoms with Gasteiger partial charge >= 0.3 is 18.2 Å². The summed E-state index contributed by atoms with van der Waals surface area (Å²) < 4.78 is 10.3.